The van der Waals surface area contributed by atoms with Crippen LogP contribution in [0.1, 0.15) is 36.6 Å². The maximum Gasteiger partial charge on any atom is 0.141 e. The SMILES string of the molecule is COc1c(C(C)Nc2ncnc(N)c2C(C)=N)cc(N)c(C)c1-c1cn[nH]c1. The molecular formula is C19H24N8O. The monoisotopic (exact) mass is 380 g/mol. The van der Waals surface area contributed by atoms with Crippen molar-refractivity contribution in [1.29, 1.82) is 5.41 Å². The van der Waals surface area contributed by atoms with Gasteiger partial charge in [-0.1, -0.05) is 0 Å². The Hall–Kier alpha value is -3.62. The number of hydrogen-bond donors (Lipinski definition) is 5. The maximum atomic E-state index is 7.98. The highest BCUT2D eigenvalue weighted by molar-refractivity contribution is 6.04. The number of anilines is 3. The first-order chi connectivity index (χ1) is 13.3. The van der Waals surface area contributed by atoms with Crippen LogP contribution in [0.4, 0.5) is 17.3 Å². The second-order valence-corrected chi connectivity index (χ2v) is 6.55. The molecule has 0 spiro atoms. The number of nitrogen functional groups attached to an aromatic ring is 2. The fourth-order valence-corrected chi connectivity index (χ4v) is 3.24. The van der Waals surface area contributed by atoms with E-state index in [1.807, 2.05) is 19.9 Å². The molecule has 0 saturated heterocycles. The third-order valence-electron chi connectivity index (χ3n) is 4.67. The molecule has 0 fully saturated rings. The van der Waals surface area contributed by atoms with Crippen LogP contribution in [-0.2, 0) is 0 Å². The zero-order valence-corrected chi connectivity index (χ0v) is 16.3. The van der Waals surface area contributed by atoms with Gasteiger partial charge in [-0.2, -0.15) is 5.10 Å². The quantitative estimate of drug-likeness (QED) is 0.325. The summed E-state index contributed by atoms with van der Waals surface area (Å²) >= 11 is 0. The molecule has 28 heavy (non-hydrogen) atoms. The van der Waals surface area contributed by atoms with Crippen LogP contribution in [0.2, 0.25) is 0 Å². The lowest BCUT2D eigenvalue weighted by Crippen LogP contribution is -2.15. The molecule has 0 amide bonds. The van der Waals surface area contributed by atoms with Crippen LogP contribution >= 0.6 is 0 Å². The Kier molecular flexibility index (Phi) is 5.16. The first kappa shape index (κ1) is 19.2. The predicted octanol–water partition coefficient (Wildman–Crippen LogP) is 2.91. The van der Waals surface area contributed by atoms with Gasteiger partial charge in [-0.05, 0) is 32.4 Å². The van der Waals surface area contributed by atoms with E-state index in [1.165, 1.54) is 6.33 Å². The van der Waals surface area contributed by atoms with Gasteiger partial charge in [0.15, 0.2) is 0 Å². The number of ether oxygens (including phenoxy) is 1. The zero-order valence-electron chi connectivity index (χ0n) is 16.3. The van der Waals surface area contributed by atoms with Gasteiger partial charge < -0.3 is 26.9 Å². The van der Waals surface area contributed by atoms with E-state index in [4.69, 9.17) is 21.6 Å². The van der Waals surface area contributed by atoms with Crippen LogP contribution in [0.3, 0.4) is 0 Å². The number of methoxy groups -OCH3 is 1. The largest absolute Gasteiger partial charge is 0.496 e. The Morgan fingerprint density at radius 1 is 1.32 bits per heavy atom. The number of hydrogen-bond acceptors (Lipinski definition) is 8. The normalized spacial score (nSPS) is 11.9. The third kappa shape index (κ3) is 3.34. The molecule has 3 rings (SSSR count). The Bertz CT molecular complexity index is 1010. The van der Waals surface area contributed by atoms with Crippen molar-refractivity contribution in [3.63, 3.8) is 0 Å². The number of aromatic amines is 1. The van der Waals surface area contributed by atoms with Crippen LogP contribution < -0.4 is 21.5 Å². The van der Waals surface area contributed by atoms with Gasteiger partial charge in [0.05, 0.1) is 24.9 Å². The van der Waals surface area contributed by atoms with E-state index in [2.05, 4.69) is 25.5 Å². The summed E-state index contributed by atoms with van der Waals surface area (Å²) in [5, 5.41) is 18.2. The van der Waals surface area contributed by atoms with Gasteiger partial charge in [0, 0.05) is 34.3 Å². The molecule has 3 aromatic rings. The Balaban J connectivity index is 2.10. The van der Waals surface area contributed by atoms with Crippen LogP contribution in [-0.4, -0.2) is 33.0 Å². The number of benzene rings is 1. The molecule has 1 unspecified atom stereocenters. The van der Waals surface area contributed by atoms with Gasteiger partial charge in [-0.15, -0.1) is 0 Å². The first-order valence-electron chi connectivity index (χ1n) is 8.73. The molecule has 0 aliphatic carbocycles. The van der Waals surface area contributed by atoms with Crippen molar-refractivity contribution in [1.82, 2.24) is 20.2 Å². The minimum atomic E-state index is -0.226. The molecule has 0 aliphatic heterocycles. The highest BCUT2D eigenvalue weighted by Gasteiger charge is 2.22. The highest BCUT2D eigenvalue weighted by Crippen LogP contribution is 2.42. The highest BCUT2D eigenvalue weighted by atomic mass is 16.5. The van der Waals surface area contributed by atoms with E-state index in [1.54, 1.807) is 26.4 Å². The molecule has 2 aromatic heterocycles. The predicted molar refractivity (Wildman–Crippen MR) is 111 cm³/mol. The molecule has 146 valence electrons. The van der Waals surface area contributed by atoms with Gasteiger partial charge in [-0.25, -0.2) is 9.97 Å². The van der Waals surface area contributed by atoms with Crippen LogP contribution in [0.5, 0.6) is 5.75 Å². The number of H-pyrrole nitrogens is 1. The molecule has 2 heterocycles. The summed E-state index contributed by atoms with van der Waals surface area (Å²) in [6.45, 7) is 5.56. The van der Waals surface area contributed by atoms with Crippen molar-refractivity contribution in [2.75, 3.05) is 23.9 Å². The van der Waals surface area contributed by atoms with E-state index in [0.29, 0.717) is 22.8 Å². The fraction of sp³-hybridized carbons (Fsp3) is 0.263. The zero-order chi connectivity index (χ0) is 20.4. The molecule has 1 atom stereocenters. The average Bonchev–Trinajstić information content (AvgIpc) is 3.17. The number of aromatic nitrogens is 4. The molecule has 9 heteroatoms. The molecular weight excluding hydrogens is 356 g/mol. The molecule has 0 saturated carbocycles. The van der Waals surface area contributed by atoms with Gasteiger partial charge in [0.25, 0.3) is 0 Å². The Morgan fingerprint density at radius 2 is 2.07 bits per heavy atom. The number of rotatable bonds is 6. The molecule has 0 aliphatic rings. The van der Waals surface area contributed by atoms with E-state index < -0.39 is 0 Å². The van der Waals surface area contributed by atoms with Gasteiger partial charge in [0.2, 0.25) is 0 Å². The van der Waals surface area contributed by atoms with Crippen molar-refractivity contribution in [3.8, 4) is 16.9 Å². The molecule has 7 N–H and O–H groups in total. The topological polar surface area (TPSA) is 152 Å². The first-order valence-corrected chi connectivity index (χ1v) is 8.73. The summed E-state index contributed by atoms with van der Waals surface area (Å²) in [5.74, 6) is 1.44. The van der Waals surface area contributed by atoms with Gasteiger partial charge in [-0.3, -0.25) is 5.10 Å². The lowest BCUT2D eigenvalue weighted by atomic mass is 9.94. The lowest BCUT2D eigenvalue weighted by molar-refractivity contribution is 0.409. The summed E-state index contributed by atoms with van der Waals surface area (Å²) in [7, 11) is 1.63. The maximum absolute atomic E-state index is 7.98. The lowest BCUT2D eigenvalue weighted by Gasteiger charge is -2.23. The minimum Gasteiger partial charge on any atom is -0.496 e. The minimum absolute atomic E-state index is 0.226. The van der Waals surface area contributed by atoms with Crippen molar-refractivity contribution >= 4 is 23.0 Å². The summed E-state index contributed by atoms with van der Waals surface area (Å²) in [4.78, 5) is 8.24. The summed E-state index contributed by atoms with van der Waals surface area (Å²) < 4.78 is 5.76. The van der Waals surface area contributed by atoms with Crippen molar-refractivity contribution in [2.24, 2.45) is 0 Å². The van der Waals surface area contributed by atoms with Gasteiger partial charge in [0.1, 0.15) is 23.7 Å². The Labute approximate surface area is 163 Å². The summed E-state index contributed by atoms with van der Waals surface area (Å²) in [6.07, 6.45) is 4.90. The van der Waals surface area contributed by atoms with Crippen molar-refractivity contribution in [3.05, 3.63) is 41.5 Å². The Morgan fingerprint density at radius 3 is 2.68 bits per heavy atom. The van der Waals surface area contributed by atoms with Crippen molar-refractivity contribution < 1.29 is 4.74 Å². The molecule has 0 radical (unpaired) electrons. The number of nitrogens with zero attached hydrogens (tertiary/aromatic N) is 3. The van der Waals surface area contributed by atoms with Crippen LogP contribution in [0, 0.1) is 12.3 Å². The van der Waals surface area contributed by atoms with E-state index in [0.717, 1.165) is 22.3 Å². The summed E-state index contributed by atoms with van der Waals surface area (Å²) in [6, 6.07) is 1.66. The standard InChI is InChI=1S/C19H24N8O/c1-9-14(21)5-13(17(28-4)15(9)12-6-25-26-7-12)11(3)27-19-16(10(2)20)18(22)23-8-24-19/h5-8,11,20H,21H2,1-4H3,(H,25,26)(H3,22,23,24,27). The average molecular weight is 380 g/mol. The second kappa shape index (κ2) is 7.55. The second-order valence-electron chi connectivity index (χ2n) is 6.55. The van der Waals surface area contributed by atoms with E-state index >= 15 is 0 Å². The van der Waals surface area contributed by atoms with E-state index in [9.17, 15) is 0 Å². The number of nitrogens with two attached hydrogens (primary N) is 2. The fourth-order valence-electron chi connectivity index (χ4n) is 3.24. The summed E-state index contributed by atoms with van der Waals surface area (Å²) in [5.41, 5.74) is 17.2. The van der Waals surface area contributed by atoms with Crippen LogP contribution in [0.25, 0.3) is 11.1 Å². The van der Waals surface area contributed by atoms with Crippen LogP contribution in [0.15, 0.2) is 24.8 Å². The van der Waals surface area contributed by atoms with Gasteiger partial charge >= 0.3 is 0 Å². The number of nitrogens with one attached hydrogen (secondary N) is 3. The smallest absolute Gasteiger partial charge is 0.141 e. The molecule has 9 nitrogen and oxygen atoms in total. The third-order valence-corrected chi connectivity index (χ3v) is 4.67. The van der Waals surface area contributed by atoms with E-state index in [-0.39, 0.29) is 17.6 Å². The molecule has 0 bridgehead atoms. The van der Waals surface area contributed by atoms with Crippen molar-refractivity contribution in [2.45, 2.75) is 26.8 Å². The molecule has 1 aromatic carbocycles.